The number of phenolic OH excluding ortho intramolecular Hbond substituents is 1. The van der Waals surface area contributed by atoms with Crippen LogP contribution in [0.1, 0.15) is 0 Å². The fraction of sp³-hybridized carbons (Fsp3) is 0.357. The number of nitrogens with one attached hydrogen (secondary N) is 1. The molecule has 1 aromatic carbocycles. The maximum atomic E-state index is 11.7. The van der Waals surface area contributed by atoms with Gasteiger partial charge in [0.15, 0.2) is 0 Å². The first-order valence-corrected chi connectivity index (χ1v) is 6.21. The molecule has 0 aromatic heterocycles. The number of terminal acetylenes is 1. The van der Waals surface area contributed by atoms with Crippen molar-refractivity contribution in [3.63, 3.8) is 0 Å². The maximum Gasteiger partial charge on any atom is 0.318 e. The summed E-state index contributed by atoms with van der Waals surface area (Å²) >= 11 is 0. The van der Waals surface area contributed by atoms with E-state index in [0.29, 0.717) is 26.2 Å². The standard InChI is InChI=1S/C14H17N3O2/c1-2-7-15-14(19)17-10-8-16(9-11-17)12-5-3-4-6-13(12)18/h1,3-6,18H,7-11H2,(H,15,19). The molecule has 0 radical (unpaired) electrons. The minimum atomic E-state index is -0.130. The molecular weight excluding hydrogens is 242 g/mol. The zero-order chi connectivity index (χ0) is 13.7. The summed E-state index contributed by atoms with van der Waals surface area (Å²) in [5.74, 6) is 2.65. The van der Waals surface area contributed by atoms with E-state index in [1.54, 1.807) is 17.0 Å². The number of anilines is 1. The van der Waals surface area contributed by atoms with Crippen molar-refractivity contribution in [1.82, 2.24) is 10.2 Å². The third-order valence-electron chi connectivity index (χ3n) is 3.13. The highest BCUT2D eigenvalue weighted by atomic mass is 16.3. The van der Waals surface area contributed by atoms with E-state index in [9.17, 15) is 9.90 Å². The average Bonchev–Trinajstić information content (AvgIpc) is 2.45. The number of hydrogen-bond acceptors (Lipinski definition) is 3. The first-order valence-electron chi connectivity index (χ1n) is 6.21. The molecule has 1 aliphatic rings. The molecule has 1 aliphatic heterocycles. The van der Waals surface area contributed by atoms with Gasteiger partial charge < -0.3 is 20.2 Å². The van der Waals surface area contributed by atoms with Crippen LogP contribution in [0.3, 0.4) is 0 Å². The van der Waals surface area contributed by atoms with Gasteiger partial charge in [0.1, 0.15) is 5.75 Å². The molecule has 1 heterocycles. The Morgan fingerprint density at radius 1 is 1.32 bits per heavy atom. The molecule has 0 atom stereocenters. The Morgan fingerprint density at radius 3 is 2.63 bits per heavy atom. The van der Waals surface area contributed by atoms with E-state index in [4.69, 9.17) is 6.42 Å². The molecule has 1 aromatic rings. The minimum absolute atomic E-state index is 0.130. The largest absolute Gasteiger partial charge is 0.506 e. The van der Waals surface area contributed by atoms with Crippen LogP contribution >= 0.6 is 0 Å². The Hall–Kier alpha value is -2.35. The summed E-state index contributed by atoms with van der Waals surface area (Å²) in [7, 11) is 0. The first-order chi connectivity index (χ1) is 9.22. The second-order valence-electron chi connectivity index (χ2n) is 4.33. The van der Waals surface area contributed by atoms with Gasteiger partial charge in [0.25, 0.3) is 0 Å². The van der Waals surface area contributed by atoms with Crippen molar-refractivity contribution in [2.24, 2.45) is 0 Å². The molecule has 5 nitrogen and oxygen atoms in total. The minimum Gasteiger partial charge on any atom is -0.506 e. The Balaban J connectivity index is 1.91. The van der Waals surface area contributed by atoms with E-state index in [1.807, 2.05) is 12.1 Å². The van der Waals surface area contributed by atoms with Crippen LogP contribution in [0.25, 0.3) is 0 Å². The van der Waals surface area contributed by atoms with Crippen molar-refractivity contribution in [1.29, 1.82) is 0 Å². The van der Waals surface area contributed by atoms with Crippen LogP contribution in [-0.4, -0.2) is 48.8 Å². The predicted octanol–water partition coefficient (Wildman–Crippen LogP) is 0.857. The summed E-state index contributed by atoms with van der Waals surface area (Å²) in [5.41, 5.74) is 0.811. The van der Waals surface area contributed by atoms with Crippen LogP contribution in [0.4, 0.5) is 10.5 Å². The second-order valence-corrected chi connectivity index (χ2v) is 4.33. The second kappa shape index (κ2) is 6.01. The molecule has 5 heteroatoms. The third kappa shape index (κ3) is 3.10. The topological polar surface area (TPSA) is 55.8 Å². The molecule has 0 bridgehead atoms. The third-order valence-corrected chi connectivity index (χ3v) is 3.13. The van der Waals surface area contributed by atoms with Gasteiger partial charge in [-0.05, 0) is 12.1 Å². The first kappa shape index (κ1) is 13.1. The van der Waals surface area contributed by atoms with Crippen LogP contribution in [0.15, 0.2) is 24.3 Å². The normalized spacial score (nSPS) is 14.9. The van der Waals surface area contributed by atoms with Crippen molar-refractivity contribution < 1.29 is 9.90 Å². The Labute approximate surface area is 112 Å². The number of nitrogens with zero attached hydrogens (tertiary/aromatic N) is 2. The number of hydrogen-bond donors (Lipinski definition) is 2. The molecule has 0 saturated carbocycles. The molecule has 1 fully saturated rings. The summed E-state index contributed by atoms with van der Waals surface area (Å²) in [6.07, 6.45) is 5.10. The number of carbonyl (C=O) groups is 1. The van der Waals surface area contributed by atoms with Crippen LogP contribution in [0, 0.1) is 12.3 Å². The van der Waals surface area contributed by atoms with Gasteiger partial charge in [-0.1, -0.05) is 18.1 Å². The zero-order valence-corrected chi connectivity index (χ0v) is 10.7. The van der Waals surface area contributed by atoms with Crippen LogP contribution in [-0.2, 0) is 0 Å². The van der Waals surface area contributed by atoms with E-state index in [2.05, 4.69) is 16.1 Å². The highest BCUT2D eigenvalue weighted by Crippen LogP contribution is 2.27. The summed E-state index contributed by atoms with van der Waals surface area (Å²) in [4.78, 5) is 15.5. The Bertz CT molecular complexity index is 488. The zero-order valence-electron chi connectivity index (χ0n) is 10.7. The Kier molecular flexibility index (Phi) is 4.14. The van der Waals surface area contributed by atoms with Crippen molar-refractivity contribution >= 4 is 11.7 Å². The molecule has 2 amide bonds. The van der Waals surface area contributed by atoms with Gasteiger partial charge in [0, 0.05) is 26.2 Å². The molecule has 0 spiro atoms. The van der Waals surface area contributed by atoms with E-state index >= 15 is 0 Å². The molecular formula is C14H17N3O2. The number of benzene rings is 1. The number of amides is 2. The van der Waals surface area contributed by atoms with Gasteiger partial charge >= 0.3 is 6.03 Å². The molecule has 100 valence electrons. The molecule has 0 unspecified atom stereocenters. The lowest BCUT2D eigenvalue weighted by Crippen LogP contribution is -2.51. The number of carbonyl (C=O) groups excluding carboxylic acids is 1. The fourth-order valence-corrected chi connectivity index (χ4v) is 2.12. The summed E-state index contributed by atoms with van der Waals surface area (Å²) in [6.45, 7) is 2.87. The average molecular weight is 259 g/mol. The van der Waals surface area contributed by atoms with Crippen LogP contribution < -0.4 is 10.2 Å². The summed E-state index contributed by atoms with van der Waals surface area (Å²) < 4.78 is 0. The predicted molar refractivity (Wildman–Crippen MR) is 74.1 cm³/mol. The lowest BCUT2D eigenvalue weighted by Gasteiger charge is -2.36. The van der Waals surface area contributed by atoms with E-state index < -0.39 is 0 Å². The monoisotopic (exact) mass is 259 g/mol. The van der Waals surface area contributed by atoms with Crippen molar-refractivity contribution in [2.75, 3.05) is 37.6 Å². The SMILES string of the molecule is C#CCNC(=O)N1CCN(c2ccccc2O)CC1. The van der Waals surface area contributed by atoms with E-state index in [1.165, 1.54) is 0 Å². The van der Waals surface area contributed by atoms with E-state index in [-0.39, 0.29) is 18.3 Å². The molecule has 2 rings (SSSR count). The van der Waals surface area contributed by atoms with Gasteiger partial charge in [-0.25, -0.2) is 4.79 Å². The number of urea groups is 1. The number of para-hydroxylation sites is 2. The van der Waals surface area contributed by atoms with Crippen molar-refractivity contribution in [3.8, 4) is 18.1 Å². The van der Waals surface area contributed by atoms with Gasteiger partial charge in [0.2, 0.25) is 0 Å². The molecule has 19 heavy (non-hydrogen) atoms. The van der Waals surface area contributed by atoms with E-state index in [0.717, 1.165) is 5.69 Å². The van der Waals surface area contributed by atoms with Gasteiger partial charge in [-0.2, -0.15) is 0 Å². The number of aromatic hydroxyl groups is 1. The number of rotatable bonds is 2. The summed E-state index contributed by atoms with van der Waals surface area (Å²) in [5, 5.41) is 12.4. The highest BCUT2D eigenvalue weighted by molar-refractivity contribution is 5.75. The molecule has 0 aliphatic carbocycles. The van der Waals surface area contributed by atoms with Crippen molar-refractivity contribution in [3.05, 3.63) is 24.3 Å². The highest BCUT2D eigenvalue weighted by Gasteiger charge is 2.21. The van der Waals surface area contributed by atoms with Crippen molar-refractivity contribution in [2.45, 2.75) is 0 Å². The van der Waals surface area contributed by atoms with Gasteiger partial charge in [-0.3, -0.25) is 0 Å². The smallest absolute Gasteiger partial charge is 0.318 e. The number of phenols is 1. The van der Waals surface area contributed by atoms with Crippen LogP contribution in [0.5, 0.6) is 5.75 Å². The quantitative estimate of drug-likeness (QED) is 0.774. The lowest BCUT2D eigenvalue weighted by atomic mass is 10.2. The van der Waals surface area contributed by atoms with Gasteiger partial charge in [-0.15, -0.1) is 6.42 Å². The lowest BCUT2D eigenvalue weighted by molar-refractivity contribution is 0.195. The van der Waals surface area contributed by atoms with Crippen LogP contribution in [0.2, 0.25) is 0 Å². The number of piperazine rings is 1. The molecule has 1 saturated heterocycles. The van der Waals surface area contributed by atoms with Gasteiger partial charge in [0.05, 0.1) is 12.2 Å². The Morgan fingerprint density at radius 2 is 2.00 bits per heavy atom. The summed E-state index contributed by atoms with van der Waals surface area (Å²) in [6, 6.07) is 7.10. The fourth-order valence-electron chi connectivity index (χ4n) is 2.12. The molecule has 2 N–H and O–H groups in total. The maximum absolute atomic E-state index is 11.7.